The molecule has 0 spiro atoms. The molecule has 5 aromatic carbocycles. The highest BCUT2D eigenvalue weighted by Crippen LogP contribution is 2.40. The van der Waals surface area contributed by atoms with Gasteiger partial charge in [0.1, 0.15) is 35.8 Å². The van der Waals surface area contributed by atoms with E-state index >= 15 is 0 Å². The summed E-state index contributed by atoms with van der Waals surface area (Å²) < 4.78 is 33.5. The van der Waals surface area contributed by atoms with Crippen LogP contribution >= 0.6 is 0 Å². The lowest BCUT2D eigenvalue weighted by molar-refractivity contribution is -0.193. The molecule has 4 saturated carbocycles. The molecule has 1 heterocycles. The first-order valence-corrected chi connectivity index (χ1v) is 49.4. The summed E-state index contributed by atoms with van der Waals surface area (Å²) in [7, 11) is 0. The van der Waals surface area contributed by atoms with E-state index in [1.165, 1.54) is 85.7 Å². The number of para-hydroxylation sites is 3. The number of carbonyl (C=O) groups excluding carboxylic acids is 16. The minimum absolute atomic E-state index is 0.0741. The Morgan fingerprint density at radius 1 is 0.290 bits per heavy atom. The number of rotatable bonds is 30. The third-order valence-corrected chi connectivity index (χ3v) is 24.0. The van der Waals surface area contributed by atoms with Crippen LogP contribution in [-0.4, -0.2) is 181 Å². The van der Waals surface area contributed by atoms with Gasteiger partial charge in [-0.2, -0.15) is 47.9 Å². The van der Waals surface area contributed by atoms with Gasteiger partial charge in [-0.3, -0.25) is 0 Å². The lowest BCUT2D eigenvalue weighted by Crippen LogP contribution is -2.55. The zero-order valence-electron chi connectivity index (χ0n) is 87.7. The van der Waals surface area contributed by atoms with Gasteiger partial charge in [0.25, 0.3) is 0 Å². The Balaban J connectivity index is 0.000000833. The lowest BCUT2D eigenvalue weighted by atomic mass is 9.90. The molecule has 0 aromatic heterocycles. The minimum atomic E-state index is -0.507. The Morgan fingerprint density at radius 2 is 0.486 bits per heavy atom. The van der Waals surface area contributed by atoms with Crippen molar-refractivity contribution in [2.45, 2.75) is 405 Å². The molecule has 28 nitrogen and oxygen atoms in total. The number of carbonyl (C=O) groups is 6. The van der Waals surface area contributed by atoms with Gasteiger partial charge in [0.15, 0.2) is 0 Å². The molecular weight excluding hydrogens is 1760 g/mol. The second-order valence-corrected chi connectivity index (χ2v) is 39.7. The largest absolute Gasteiger partial charge is 0.461 e. The van der Waals surface area contributed by atoms with E-state index < -0.39 is 5.60 Å². The second kappa shape index (κ2) is 67.0. The summed E-state index contributed by atoms with van der Waals surface area (Å²) in [6.07, 6.45) is 22.6. The normalized spacial score (nSPS) is 15.3. The average molecular weight is 1920 g/mol. The van der Waals surface area contributed by atoms with Gasteiger partial charge in [-0.1, -0.05) is 199 Å². The van der Waals surface area contributed by atoms with Crippen molar-refractivity contribution in [2.24, 2.45) is 29.6 Å². The van der Waals surface area contributed by atoms with Gasteiger partial charge >= 0.3 is 66.7 Å². The van der Waals surface area contributed by atoms with Crippen molar-refractivity contribution in [3.63, 3.8) is 0 Å². The molecule has 4 aliphatic carbocycles. The van der Waals surface area contributed by atoms with Crippen LogP contribution in [0.2, 0.25) is 0 Å². The quantitative estimate of drug-likeness (QED) is 0.0304. The summed E-state index contributed by atoms with van der Waals surface area (Å²) in [5, 5.41) is 0. The van der Waals surface area contributed by atoms with Crippen LogP contribution in [0.1, 0.15) is 303 Å². The maximum atomic E-state index is 13.0. The molecule has 5 atom stereocenters. The molecule has 1 amide bonds. The van der Waals surface area contributed by atoms with Gasteiger partial charge in [0.05, 0.1) is 30.5 Å². The molecule has 5 fully saturated rings. The molecule has 0 bridgehead atoms. The maximum Gasteiger partial charge on any atom is 0.410 e. The van der Waals surface area contributed by atoms with Crippen LogP contribution in [0.25, 0.3) is 0 Å². The molecule has 1 saturated heterocycles. The van der Waals surface area contributed by atoms with Crippen LogP contribution in [0.5, 0.6) is 0 Å². The summed E-state index contributed by atoms with van der Waals surface area (Å²) in [4.78, 5) is 171. The number of aryl methyl sites for hydroxylation is 3. The van der Waals surface area contributed by atoms with Gasteiger partial charge < -0.3 is 57.8 Å². The first-order chi connectivity index (χ1) is 65.2. The highest BCUT2D eigenvalue weighted by molar-refractivity contribution is 5.84. The molecular formula is C110H164N6O22. The Hall–Kier alpha value is -11.4. The summed E-state index contributed by atoms with van der Waals surface area (Å²) in [6.45, 7) is 55.6. The SMILES string of the molecule is CC(C)OC(=O)C(C(C)C)N(c1ccccc1)C1CCCC1.CC(C)OC(=O)C(C(C)C)N(c1ccccc1)C1CCCCC1.CC(C)OC(=O)C(C(C)C)N(c1ccccc1)C1CCN(C(=O)OC(C)(C)C)CC1.Cc1cc(N(C2CCCC2)C(C(=O)OC(C)C)C(C)C)cc(C)c1C.Cc1ccc(N(C2CCCC2)C(C(=O)OC(C)C)C(C)C)cc1.O=C=O.O=C=O.O=C=O.O=C=O.O=C=O. The third-order valence-electron chi connectivity index (χ3n) is 24.0. The maximum absolute atomic E-state index is 13.0. The van der Waals surface area contributed by atoms with Gasteiger partial charge in [0, 0.05) is 71.7 Å². The number of hydrogen-bond donors (Lipinski definition) is 0. The van der Waals surface area contributed by atoms with Crippen LogP contribution in [0.4, 0.5) is 33.2 Å². The standard InChI is InChI=1S/C24H38N2O4.C22H35NO2.2C20H31NO2.C19H29NO2.5CO2/c1-17(2)21(22(27)29-18(3)4)26(19-11-9-8-10-12-19)20-13-15-25(16-14-20)23(28)30-24(5,6)7;1-14(2)21(22(24)25-15(3)4)23(19-10-8-9-11-19)20-12-16(5)18(7)17(6)13-20;1-14(2)19(20(22)23-15(3)4)21(17-8-6-7-9-17)18-12-10-16(5)11-13-18;1-15(2)19(20(22)23-16(3)4)21(17-11-7-5-8-12-17)18-13-9-6-10-14-18;1-14(2)18(19(21)22-15(3)4)20(17-12-8-9-13-17)16-10-6-5-7-11-16;5*2-1-3/h8-12,17-18,20-21H,13-16H2,1-7H3;12-15,19,21H,8-11H2,1-7H3;10-15,17,19H,6-9H2,1-5H3;5,7-8,11-12,15-16,18-19H,6,9-10,13-14H2,1-4H3;5-7,10-11,14-15,17-18H,8-9,12-13H2,1-4H3;;;;;. The molecule has 0 N–H and O–H groups in total. The van der Waals surface area contributed by atoms with E-state index in [1.54, 1.807) is 4.90 Å². The van der Waals surface area contributed by atoms with E-state index in [0.29, 0.717) is 37.3 Å². The van der Waals surface area contributed by atoms with Crippen molar-refractivity contribution >= 4 is 95.1 Å². The smallest absolute Gasteiger partial charge is 0.410 e. The van der Waals surface area contributed by atoms with Gasteiger partial charge in [-0.15, -0.1) is 0 Å². The Bertz CT molecular complexity index is 4330. The number of esters is 5. The monoisotopic (exact) mass is 1920 g/mol. The number of piperidine rings is 1. The zero-order chi connectivity index (χ0) is 105. The summed E-state index contributed by atoms with van der Waals surface area (Å²) in [5.74, 6) is 0.353. The predicted octanol–water partition coefficient (Wildman–Crippen LogP) is 21.2. The molecule has 1 aliphatic heterocycles. The predicted molar refractivity (Wildman–Crippen MR) is 532 cm³/mol. The number of likely N-dealkylation sites (tertiary alicyclic amines) is 1. The average Bonchev–Trinajstić information content (AvgIpc) is 1.39. The second-order valence-electron chi connectivity index (χ2n) is 39.7. The Labute approximate surface area is 823 Å². The number of anilines is 5. The van der Waals surface area contributed by atoms with E-state index in [2.05, 4.69) is 194 Å². The zero-order valence-corrected chi connectivity index (χ0v) is 87.7. The number of ether oxygens (including phenoxy) is 6. The number of hydrogen-bond acceptors (Lipinski definition) is 27. The van der Waals surface area contributed by atoms with E-state index in [9.17, 15) is 28.8 Å². The number of benzene rings is 5. The topological polar surface area (TPSA) is 348 Å². The van der Waals surface area contributed by atoms with Crippen molar-refractivity contribution in [1.82, 2.24) is 4.90 Å². The van der Waals surface area contributed by atoms with Crippen LogP contribution in [0.3, 0.4) is 0 Å². The molecule has 0 radical (unpaired) electrons. The molecule has 766 valence electrons. The number of nitrogens with zero attached hydrogens (tertiary/aromatic N) is 6. The number of amides is 1. The van der Waals surface area contributed by atoms with E-state index in [-0.39, 0.29) is 163 Å². The van der Waals surface area contributed by atoms with E-state index in [4.69, 9.17) is 76.4 Å². The highest BCUT2D eigenvalue weighted by atomic mass is 16.6. The summed E-state index contributed by atoms with van der Waals surface area (Å²) >= 11 is 0. The molecule has 5 aromatic rings. The van der Waals surface area contributed by atoms with E-state index in [0.717, 1.165) is 87.0 Å². The first kappa shape index (κ1) is 125. The molecule has 138 heavy (non-hydrogen) atoms. The van der Waals surface area contributed by atoms with E-state index in [1.807, 2.05) is 145 Å². The Morgan fingerprint density at radius 3 is 0.688 bits per heavy atom. The fraction of sp³-hybridized carbons (Fsp3) is 0.627. The fourth-order valence-corrected chi connectivity index (χ4v) is 18.3. The molecule has 5 aliphatic rings. The van der Waals surface area contributed by atoms with Gasteiger partial charge in [-0.05, 0) is 289 Å². The molecule has 28 heteroatoms. The highest BCUT2D eigenvalue weighted by Gasteiger charge is 2.43. The van der Waals surface area contributed by atoms with Crippen molar-refractivity contribution in [3.05, 3.63) is 150 Å². The summed E-state index contributed by atoms with van der Waals surface area (Å²) in [6, 6.07) is 44.4. The lowest BCUT2D eigenvalue weighted by Gasteiger charge is -2.44. The van der Waals surface area contributed by atoms with Gasteiger partial charge in [-0.25, -0.2) is 28.8 Å². The van der Waals surface area contributed by atoms with Crippen molar-refractivity contribution in [3.8, 4) is 0 Å². The van der Waals surface area contributed by atoms with Crippen molar-refractivity contribution < 1.29 is 105 Å². The van der Waals surface area contributed by atoms with Gasteiger partial charge in [0.2, 0.25) is 0 Å². The first-order valence-electron chi connectivity index (χ1n) is 49.4. The van der Waals surface area contributed by atoms with Crippen LogP contribution in [0, 0.1) is 57.3 Å². The van der Waals surface area contributed by atoms with Crippen LogP contribution in [-0.2, 0) is 100 Å². The van der Waals surface area contributed by atoms with Crippen molar-refractivity contribution in [1.29, 1.82) is 0 Å². The van der Waals surface area contributed by atoms with Crippen LogP contribution in [0.15, 0.2) is 127 Å². The van der Waals surface area contributed by atoms with Crippen LogP contribution < -0.4 is 24.5 Å². The summed E-state index contributed by atoms with van der Waals surface area (Å²) in [5.41, 5.74) is 10.2. The molecule has 10 rings (SSSR count). The van der Waals surface area contributed by atoms with Crippen molar-refractivity contribution in [2.75, 3.05) is 37.6 Å². The third kappa shape index (κ3) is 44.6. The Kier molecular flexibility index (Phi) is 60.5. The fourth-order valence-electron chi connectivity index (χ4n) is 18.3. The molecule has 5 unspecified atom stereocenters. The minimum Gasteiger partial charge on any atom is -0.461 e.